The largest absolute Gasteiger partial charge is 0.102 e. The van der Waals surface area contributed by atoms with Crippen LogP contribution in [0.1, 0.15) is 128 Å². The van der Waals surface area contributed by atoms with Gasteiger partial charge >= 0.3 is 54.0 Å². The van der Waals surface area contributed by atoms with Crippen LogP contribution in [0.3, 0.4) is 0 Å². The monoisotopic (exact) mass is 1290 g/mol. The van der Waals surface area contributed by atoms with Gasteiger partial charge in [0, 0.05) is 28.9 Å². The molecule has 0 spiro atoms. The third-order valence-electron chi connectivity index (χ3n) is 14.4. The molecule has 13 heteroatoms. The number of nitrogens with one attached hydrogen (secondary N) is 2. The topological polar surface area (TPSA) is 58.2 Å². The summed E-state index contributed by atoms with van der Waals surface area (Å²) in [5, 5.41) is 11.8. The van der Waals surface area contributed by atoms with Gasteiger partial charge < -0.3 is 35.1 Å². The van der Waals surface area contributed by atoms with E-state index in [1.54, 1.807) is 150 Å². The van der Waals surface area contributed by atoms with Crippen LogP contribution in [0.15, 0.2) is 91.0 Å². The van der Waals surface area contributed by atoms with E-state index in [-0.39, 0.29) is 30.7 Å². The summed E-state index contributed by atoms with van der Waals surface area (Å²) in [6.45, 7) is 21.0. The number of halogens is 2. The Morgan fingerprint density at radius 3 is 0.901 bits per heavy atom. The number of hydrogen-bond acceptors (Lipinski definition) is 4. The number of hydrogen-bond donors (Lipinski definition) is 2. The average molecular weight is 1290 g/mol. The first-order valence-electron chi connectivity index (χ1n) is 26.2. The zero-order valence-corrected chi connectivity index (χ0v) is 55.2. The molecule has 0 radical (unpaired) electrons. The molecule has 0 bridgehead atoms. The van der Waals surface area contributed by atoms with Gasteiger partial charge in [0.15, 0.2) is 0 Å². The van der Waals surface area contributed by atoms with Crippen LogP contribution in [0.5, 0.6) is 0 Å². The summed E-state index contributed by atoms with van der Waals surface area (Å²) < 4.78 is 0. The minimum Gasteiger partial charge on any atom is -0.0620 e. The van der Waals surface area contributed by atoms with Gasteiger partial charge in [0.1, 0.15) is 15.9 Å². The van der Waals surface area contributed by atoms with E-state index in [0.29, 0.717) is 15.8 Å². The zero-order chi connectivity index (χ0) is 50.7. The van der Waals surface area contributed by atoms with Crippen molar-refractivity contribution in [2.45, 2.75) is 151 Å². The van der Waals surface area contributed by atoms with Crippen molar-refractivity contribution in [2.75, 3.05) is 77.5 Å². The van der Waals surface area contributed by atoms with Crippen molar-refractivity contribution in [3.63, 3.8) is 0 Å². The molecule has 4 aliphatic carbocycles. The van der Waals surface area contributed by atoms with Gasteiger partial charge in [-0.15, -0.1) is 15.8 Å². The van der Waals surface area contributed by atoms with E-state index in [9.17, 15) is 0 Å². The van der Waals surface area contributed by atoms with Crippen LogP contribution in [0, 0.1) is 14.9 Å². The predicted molar refractivity (Wildman–Crippen MR) is 334 cm³/mol. The molecule has 0 atom stereocenters. The molecular weight excluding hydrogens is 1180 g/mol. The van der Waals surface area contributed by atoms with Gasteiger partial charge in [0.2, 0.25) is 0 Å². The molecule has 410 valence electrons. The third-order valence-corrected chi connectivity index (χ3v) is 27.5. The zero-order valence-electron chi connectivity index (χ0n) is 45.1. The molecule has 2 N–H and O–H groups in total. The van der Waals surface area contributed by atoms with E-state index >= 15 is 0 Å². The Balaban J connectivity index is 0. The quantitative estimate of drug-likeness (QED) is 0.0413. The molecule has 0 heterocycles. The van der Waals surface area contributed by atoms with Crippen molar-refractivity contribution < 1.29 is 44.2 Å². The van der Waals surface area contributed by atoms with Crippen LogP contribution in [-0.4, -0.2) is 114 Å². The van der Waals surface area contributed by atoms with E-state index in [1.807, 2.05) is 0 Å². The maximum Gasteiger partial charge on any atom is 0.102 e. The van der Waals surface area contributed by atoms with Gasteiger partial charge in [-0.05, 0) is 191 Å². The van der Waals surface area contributed by atoms with Crippen molar-refractivity contribution in [2.24, 2.45) is 0 Å². The Hall–Kier alpha value is 0.897. The van der Waals surface area contributed by atoms with E-state index < -0.39 is 7.92 Å². The Morgan fingerprint density at radius 2 is 0.676 bits per heavy atom. The van der Waals surface area contributed by atoms with E-state index in [0.717, 1.165) is 0 Å². The van der Waals surface area contributed by atoms with Crippen LogP contribution in [-0.2, 0) is 44.2 Å². The Morgan fingerprint density at radius 1 is 0.451 bits per heavy atom. The van der Waals surface area contributed by atoms with Gasteiger partial charge in [0.05, 0.1) is 42.9 Å². The molecule has 4 fully saturated rings. The molecule has 0 aliphatic heterocycles. The molecule has 7 rings (SSSR count). The fourth-order valence-electron chi connectivity index (χ4n) is 11.0. The van der Waals surface area contributed by atoms with E-state index in [1.165, 1.54) is 103 Å². The molecule has 0 amide bonds. The maximum atomic E-state index is 7.75. The molecule has 0 aromatic heterocycles. The summed E-state index contributed by atoms with van der Waals surface area (Å²) in [5.74, 6) is 0. The van der Waals surface area contributed by atoms with Gasteiger partial charge in [-0.25, -0.2) is 0 Å². The first-order valence-corrected chi connectivity index (χ1v) is 41.1. The second-order valence-corrected chi connectivity index (χ2v) is 33.8. The molecule has 0 unspecified atom stereocenters. The first kappa shape index (κ1) is 74.0. The van der Waals surface area contributed by atoms with Crippen molar-refractivity contribution >= 4 is 88.5 Å². The van der Waals surface area contributed by atoms with E-state index in [2.05, 4.69) is 161 Å². The smallest absolute Gasteiger partial charge is 0.0620 e. The standard InChI is InChI=1S/C28H53NP2.C18H15P.C8H21NP2.2CHO.2CH3.2ClH.2Ru.2H/c1-5-13-25(14-6-1)30(26-15-7-2-8-16-26)23-21-29-22-24-31(27-17-9-3-10-18-27)28-19-11-4-12-20-28;1-4-10-16(11-5-1)19(17-12-6-2-7-13-17)18-14-8-3-9-15-18;1-10(2)7-5-9-6-8-11(3)4;2*1-2;;;;;;;;/h25-29H,1-24H2;1-15H;9H,5-8H2,1-4H3;2*1H;2*1H3;2*1H;;;;/q;;;4*-1;;;+1;+3;;/p+1. The fraction of sp³-hybridized carbons (Fsp3) is 0.621. The van der Waals surface area contributed by atoms with Gasteiger partial charge in [0.25, 0.3) is 0 Å². The van der Waals surface area contributed by atoms with Gasteiger partial charge in [-0.2, -0.15) is 0 Å². The minimum atomic E-state index is -0.877. The second kappa shape index (κ2) is 51.6. The van der Waals surface area contributed by atoms with Crippen molar-refractivity contribution in [3.8, 4) is 0 Å². The molecule has 4 saturated carbocycles. The maximum absolute atomic E-state index is 7.75. The molecule has 0 saturated heterocycles. The average Bonchev–Trinajstić information content (AvgIpc) is 3.43. The summed E-state index contributed by atoms with van der Waals surface area (Å²) >= 11 is 3.24. The van der Waals surface area contributed by atoms with Crippen molar-refractivity contribution in [1.29, 1.82) is 0 Å². The molecule has 71 heavy (non-hydrogen) atoms. The summed E-state index contributed by atoms with van der Waals surface area (Å²) in [5.41, 5.74) is 4.70. The van der Waals surface area contributed by atoms with Crippen LogP contribution >= 0.6 is 59.0 Å². The third kappa shape index (κ3) is 33.1. The van der Waals surface area contributed by atoms with Crippen molar-refractivity contribution in [1.82, 2.24) is 10.6 Å². The number of benzene rings is 3. The van der Waals surface area contributed by atoms with Crippen LogP contribution in [0.4, 0.5) is 0 Å². The van der Waals surface area contributed by atoms with Gasteiger partial charge in [-0.3, -0.25) is 13.6 Å². The Kier molecular flexibility index (Phi) is 53.8. The summed E-state index contributed by atoms with van der Waals surface area (Å²) in [6, 6.07) is 32.5. The fourth-order valence-corrected chi connectivity index (χ4v) is 23.3. The predicted octanol–water partition coefficient (Wildman–Crippen LogP) is 14.8. The summed E-state index contributed by atoms with van der Waals surface area (Å²) in [6.07, 6.45) is 37.2. The molecule has 3 aromatic carbocycles. The summed E-state index contributed by atoms with van der Waals surface area (Å²) in [7, 11) is 8.68. The van der Waals surface area contributed by atoms with Gasteiger partial charge in [-0.1, -0.05) is 80.3 Å². The van der Waals surface area contributed by atoms with Crippen molar-refractivity contribution in [3.05, 3.63) is 106 Å². The van der Waals surface area contributed by atoms with Crippen LogP contribution in [0.2, 0.25) is 0 Å². The normalized spacial score (nSPS) is 16.3. The molecule has 4 nitrogen and oxygen atoms in total. The van der Waals surface area contributed by atoms with Crippen LogP contribution in [0.25, 0.3) is 0 Å². The number of carbonyl (C=O) groups excluding carboxylic acids is 2. The first-order chi connectivity index (χ1) is 34.0. The number of rotatable bonds is 19. The minimum absolute atomic E-state index is 0. The van der Waals surface area contributed by atoms with Crippen LogP contribution < -0.4 is 26.5 Å². The van der Waals surface area contributed by atoms with E-state index in [4.69, 9.17) is 9.59 Å². The second-order valence-electron chi connectivity index (χ2n) is 19.6. The Labute approximate surface area is 473 Å². The molecule has 3 aromatic rings. The SMILES string of the molecule is C1CCC([PH+](CCNCC[PH+](C2CCCCC2)C2CCCCC2)C2CCCCC2)CC1.CP(C)CCNCCP(C)C.[CH-]=O.[CH-]=O.[CH3-].[CH3-].[Cl][RuH+2].[Cl][RuH].c1ccc([PH+](c2ccccc2)c2ccccc2)cc1. The molecule has 4 aliphatic rings. The summed E-state index contributed by atoms with van der Waals surface area (Å²) in [4.78, 5) is 15.5. The molecular formula is C58H102Cl2N2O2P5Ru2+. The Bertz CT molecular complexity index is 1360.